The third-order valence-corrected chi connectivity index (χ3v) is 3.11. The van der Waals surface area contributed by atoms with E-state index in [9.17, 15) is 14.4 Å². The maximum absolute atomic E-state index is 11.9. The molecular formula is C14H21N3O4. The molecule has 0 saturated carbocycles. The lowest BCUT2D eigenvalue weighted by Crippen LogP contribution is -2.38. The lowest BCUT2D eigenvalue weighted by atomic mass is 10.1. The molecule has 1 amide bonds. The minimum atomic E-state index is -0.913. The Morgan fingerprint density at radius 1 is 1.33 bits per heavy atom. The van der Waals surface area contributed by atoms with Crippen molar-refractivity contribution in [3.8, 4) is 0 Å². The molecule has 1 aromatic heterocycles. The number of carbonyl (C=O) groups is 2. The van der Waals surface area contributed by atoms with Gasteiger partial charge in [-0.3, -0.25) is 14.2 Å². The number of rotatable bonds is 6. The number of carboxylic acid groups (broad SMARTS) is 1. The molecule has 0 spiro atoms. The van der Waals surface area contributed by atoms with Crippen molar-refractivity contribution >= 4 is 11.9 Å². The molecule has 0 fully saturated rings. The van der Waals surface area contributed by atoms with Gasteiger partial charge in [-0.2, -0.15) is 4.98 Å². The van der Waals surface area contributed by atoms with E-state index in [1.54, 1.807) is 13.8 Å². The largest absolute Gasteiger partial charge is 0.481 e. The summed E-state index contributed by atoms with van der Waals surface area (Å²) in [6.07, 6.45) is 0.242. The molecule has 21 heavy (non-hydrogen) atoms. The van der Waals surface area contributed by atoms with Crippen molar-refractivity contribution in [2.24, 2.45) is 0 Å². The molecule has 0 aliphatic heterocycles. The molecule has 0 aromatic carbocycles. The van der Waals surface area contributed by atoms with Gasteiger partial charge in [0.25, 0.3) is 0 Å². The number of aromatic nitrogens is 2. The highest BCUT2D eigenvalue weighted by molar-refractivity contribution is 5.76. The van der Waals surface area contributed by atoms with Crippen LogP contribution in [0.15, 0.2) is 4.79 Å². The van der Waals surface area contributed by atoms with Gasteiger partial charge >= 0.3 is 11.7 Å². The number of aliphatic carboxylic acids is 1. The molecule has 1 aromatic rings. The van der Waals surface area contributed by atoms with E-state index < -0.39 is 11.7 Å². The van der Waals surface area contributed by atoms with Crippen molar-refractivity contribution in [2.45, 2.75) is 53.1 Å². The van der Waals surface area contributed by atoms with E-state index in [-0.39, 0.29) is 31.3 Å². The Hall–Kier alpha value is -2.18. The Morgan fingerprint density at radius 2 is 1.95 bits per heavy atom. The number of nitrogens with one attached hydrogen (secondary N) is 1. The van der Waals surface area contributed by atoms with E-state index in [0.717, 1.165) is 0 Å². The second-order valence-electron chi connectivity index (χ2n) is 5.25. The summed E-state index contributed by atoms with van der Waals surface area (Å²) in [5, 5.41) is 11.5. The lowest BCUT2D eigenvalue weighted by Gasteiger charge is -2.15. The van der Waals surface area contributed by atoms with Gasteiger partial charge in [0.15, 0.2) is 0 Å². The summed E-state index contributed by atoms with van der Waals surface area (Å²) in [6.45, 7) is 6.93. The molecule has 0 saturated heterocycles. The van der Waals surface area contributed by atoms with Crippen LogP contribution in [0.4, 0.5) is 0 Å². The van der Waals surface area contributed by atoms with E-state index >= 15 is 0 Å². The zero-order valence-electron chi connectivity index (χ0n) is 12.8. The third kappa shape index (κ3) is 4.70. The van der Waals surface area contributed by atoms with Gasteiger partial charge in [0.1, 0.15) is 6.54 Å². The van der Waals surface area contributed by atoms with E-state index in [2.05, 4.69) is 10.3 Å². The van der Waals surface area contributed by atoms with E-state index in [4.69, 9.17) is 5.11 Å². The first-order chi connectivity index (χ1) is 9.72. The van der Waals surface area contributed by atoms with Crippen LogP contribution in [0.3, 0.4) is 0 Å². The van der Waals surface area contributed by atoms with Crippen molar-refractivity contribution in [1.29, 1.82) is 0 Å². The van der Waals surface area contributed by atoms with Crippen LogP contribution in [-0.4, -0.2) is 32.6 Å². The average molecular weight is 295 g/mol. The Kier molecular flexibility index (Phi) is 5.63. The molecular weight excluding hydrogens is 274 g/mol. The molecule has 7 heteroatoms. The van der Waals surface area contributed by atoms with Gasteiger partial charge in [0.2, 0.25) is 5.91 Å². The van der Waals surface area contributed by atoms with Crippen molar-refractivity contribution < 1.29 is 14.7 Å². The van der Waals surface area contributed by atoms with Gasteiger partial charge in [-0.25, -0.2) is 4.79 Å². The fourth-order valence-electron chi connectivity index (χ4n) is 2.13. The highest BCUT2D eigenvalue weighted by Gasteiger charge is 2.15. The monoisotopic (exact) mass is 295 g/mol. The molecule has 0 radical (unpaired) electrons. The Labute approximate surface area is 123 Å². The smallest absolute Gasteiger partial charge is 0.348 e. The predicted molar refractivity (Wildman–Crippen MR) is 77.2 cm³/mol. The van der Waals surface area contributed by atoms with Gasteiger partial charge in [0.05, 0.1) is 0 Å². The van der Waals surface area contributed by atoms with E-state index in [1.165, 1.54) is 4.57 Å². The first-order valence-electron chi connectivity index (χ1n) is 6.80. The number of nitrogens with zero attached hydrogens (tertiary/aromatic N) is 2. The Bertz CT molecular complexity index is 605. The number of carbonyl (C=O) groups excluding carboxylic acids is 1. The Morgan fingerprint density at radius 3 is 2.48 bits per heavy atom. The molecule has 7 nitrogen and oxygen atoms in total. The molecule has 1 rings (SSSR count). The van der Waals surface area contributed by atoms with E-state index in [0.29, 0.717) is 17.0 Å². The maximum Gasteiger partial charge on any atom is 0.348 e. The van der Waals surface area contributed by atoms with Crippen LogP contribution in [0.25, 0.3) is 0 Å². The molecule has 2 N–H and O–H groups in total. The standard InChI is InChI=1S/C14H21N3O4/c1-8(2)15-12(18)7-17-10(4)11(5-6-13(19)20)9(3)16-14(17)21/h8H,5-7H2,1-4H3,(H,15,18)(H,19,20). The van der Waals surface area contributed by atoms with E-state index in [1.807, 2.05) is 13.8 Å². The molecule has 0 aliphatic carbocycles. The minimum absolute atomic E-state index is 0.0154. The zero-order valence-corrected chi connectivity index (χ0v) is 12.8. The van der Waals surface area contributed by atoms with Crippen molar-refractivity contribution in [3.05, 3.63) is 27.4 Å². The van der Waals surface area contributed by atoms with Crippen LogP contribution in [0, 0.1) is 13.8 Å². The summed E-state index contributed by atoms with van der Waals surface area (Å²) in [5.41, 5.74) is 1.31. The second kappa shape index (κ2) is 7.01. The first kappa shape index (κ1) is 16.9. The molecule has 0 unspecified atom stereocenters. The normalized spacial score (nSPS) is 10.7. The first-order valence-corrected chi connectivity index (χ1v) is 6.80. The molecule has 1 heterocycles. The highest BCUT2D eigenvalue weighted by Crippen LogP contribution is 2.12. The number of amides is 1. The lowest BCUT2D eigenvalue weighted by molar-refractivity contribution is -0.137. The topological polar surface area (TPSA) is 101 Å². The van der Waals surface area contributed by atoms with Gasteiger partial charge in [-0.05, 0) is 39.7 Å². The summed E-state index contributed by atoms with van der Waals surface area (Å²) in [6, 6.07) is -0.0154. The maximum atomic E-state index is 11.9. The molecule has 0 aliphatic rings. The average Bonchev–Trinajstić information content (AvgIpc) is 2.32. The number of hydrogen-bond donors (Lipinski definition) is 2. The van der Waals surface area contributed by atoms with Gasteiger partial charge in [0, 0.05) is 23.9 Å². The van der Waals surface area contributed by atoms with Crippen LogP contribution in [-0.2, 0) is 22.6 Å². The molecule has 0 atom stereocenters. The SMILES string of the molecule is Cc1nc(=O)n(CC(=O)NC(C)C)c(C)c1CCC(=O)O. The summed E-state index contributed by atoms with van der Waals surface area (Å²) >= 11 is 0. The summed E-state index contributed by atoms with van der Waals surface area (Å²) in [5.74, 6) is -1.19. The highest BCUT2D eigenvalue weighted by atomic mass is 16.4. The molecule has 116 valence electrons. The quantitative estimate of drug-likeness (QED) is 0.791. The molecule has 0 bridgehead atoms. The summed E-state index contributed by atoms with van der Waals surface area (Å²) < 4.78 is 1.28. The van der Waals surface area contributed by atoms with Crippen LogP contribution < -0.4 is 11.0 Å². The summed E-state index contributed by atoms with van der Waals surface area (Å²) in [7, 11) is 0. The fourth-order valence-corrected chi connectivity index (χ4v) is 2.13. The number of aryl methyl sites for hydroxylation is 1. The van der Waals surface area contributed by atoms with Crippen molar-refractivity contribution in [3.63, 3.8) is 0 Å². The fraction of sp³-hybridized carbons (Fsp3) is 0.571. The van der Waals surface area contributed by atoms with Gasteiger partial charge in [-0.15, -0.1) is 0 Å². The van der Waals surface area contributed by atoms with Crippen LogP contribution >= 0.6 is 0 Å². The van der Waals surface area contributed by atoms with Crippen LogP contribution in [0.5, 0.6) is 0 Å². The van der Waals surface area contributed by atoms with Crippen LogP contribution in [0.2, 0.25) is 0 Å². The Balaban J connectivity index is 3.09. The second-order valence-corrected chi connectivity index (χ2v) is 5.25. The number of carboxylic acids is 1. The van der Waals surface area contributed by atoms with Gasteiger partial charge < -0.3 is 10.4 Å². The van der Waals surface area contributed by atoms with Crippen molar-refractivity contribution in [1.82, 2.24) is 14.9 Å². The number of hydrogen-bond acceptors (Lipinski definition) is 4. The van der Waals surface area contributed by atoms with Crippen molar-refractivity contribution in [2.75, 3.05) is 0 Å². The third-order valence-electron chi connectivity index (χ3n) is 3.11. The van der Waals surface area contributed by atoms with Gasteiger partial charge in [-0.1, -0.05) is 0 Å². The predicted octanol–water partition coefficient (Wildman–Crippen LogP) is 0.402. The minimum Gasteiger partial charge on any atom is -0.481 e. The zero-order chi connectivity index (χ0) is 16.2. The van der Waals surface area contributed by atoms with Crippen LogP contribution in [0.1, 0.15) is 37.2 Å². The summed E-state index contributed by atoms with van der Waals surface area (Å²) in [4.78, 5) is 38.3.